The first-order valence-electron chi connectivity index (χ1n) is 8.00. The zero-order valence-electron chi connectivity index (χ0n) is 13.9. The number of H-pyrrole nitrogens is 1. The lowest BCUT2D eigenvalue weighted by molar-refractivity contribution is 0.102. The number of anilines is 1. The molecular formula is C18H13N5O2S2. The number of amides is 1. The summed E-state index contributed by atoms with van der Waals surface area (Å²) < 4.78 is 0.646. The Morgan fingerprint density at radius 1 is 1.07 bits per heavy atom. The third-order valence-electron chi connectivity index (χ3n) is 3.67. The Morgan fingerprint density at radius 3 is 2.70 bits per heavy atom. The van der Waals surface area contributed by atoms with Gasteiger partial charge in [-0.25, -0.2) is 4.98 Å². The van der Waals surface area contributed by atoms with Crippen LogP contribution in [0.15, 0.2) is 63.7 Å². The molecule has 4 aromatic rings. The predicted octanol–water partition coefficient (Wildman–Crippen LogP) is 3.32. The van der Waals surface area contributed by atoms with Crippen LogP contribution in [0.4, 0.5) is 5.13 Å². The number of thioether (sulfide) groups is 1. The Labute approximate surface area is 161 Å². The molecule has 0 atom stereocenters. The monoisotopic (exact) mass is 395 g/mol. The van der Waals surface area contributed by atoms with E-state index in [4.69, 9.17) is 0 Å². The van der Waals surface area contributed by atoms with Crippen molar-refractivity contribution < 1.29 is 4.79 Å². The molecule has 134 valence electrons. The molecule has 0 aliphatic heterocycles. The van der Waals surface area contributed by atoms with Gasteiger partial charge in [-0.05, 0) is 24.3 Å². The van der Waals surface area contributed by atoms with Crippen molar-refractivity contribution >= 4 is 45.2 Å². The van der Waals surface area contributed by atoms with Gasteiger partial charge in [-0.3, -0.25) is 14.9 Å². The van der Waals surface area contributed by atoms with Gasteiger partial charge in [-0.15, -0.1) is 10.2 Å². The van der Waals surface area contributed by atoms with E-state index in [9.17, 15) is 9.59 Å². The molecule has 2 heterocycles. The first-order chi connectivity index (χ1) is 13.2. The molecule has 27 heavy (non-hydrogen) atoms. The third-order valence-corrected chi connectivity index (χ3v) is 5.65. The minimum Gasteiger partial charge on any atom is -0.319 e. The van der Waals surface area contributed by atoms with E-state index in [0.717, 1.165) is 5.52 Å². The highest BCUT2D eigenvalue weighted by Crippen LogP contribution is 2.27. The lowest BCUT2D eigenvalue weighted by atomic mass is 10.2. The number of aromatic amines is 1. The zero-order valence-corrected chi connectivity index (χ0v) is 15.5. The first kappa shape index (κ1) is 17.4. The summed E-state index contributed by atoms with van der Waals surface area (Å²) in [6.07, 6.45) is 0. The molecular weight excluding hydrogens is 382 g/mol. The van der Waals surface area contributed by atoms with E-state index in [1.807, 2.05) is 30.3 Å². The Bertz CT molecular complexity index is 1160. The summed E-state index contributed by atoms with van der Waals surface area (Å²) in [4.78, 5) is 31.5. The number of para-hydroxylation sites is 2. The number of carbonyl (C=O) groups is 1. The second kappa shape index (κ2) is 7.68. The van der Waals surface area contributed by atoms with E-state index in [1.165, 1.54) is 23.1 Å². The van der Waals surface area contributed by atoms with Crippen LogP contribution < -0.4 is 10.9 Å². The van der Waals surface area contributed by atoms with Crippen molar-refractivity contribution in [1.29, 1.82) is 0 Å². The maximum Gasteiger partial charge on any atom is 0.271 e. The standard InChI is InChI=1S/C18H13N5O2S2/c24-15(11-6-2-1-3-7-11)21-17-22-23-18(27-17)26-10-14-16(25)20-13-9-5-4-8-12(13)19-14/h1-9H,10H2,(H,20,25)(H,21,22,24). The summed E-state index contributed by atoms with van der Waals surface area (Å²) in [6, 6.07) is 16.3. The van der Waals surface area contributed by atoms with Crippen LogP contribution in [-0.2, 0) is 5.75 Å². The van der Waals surface area contributed by atoms with Crippen LogP contribution in [0.5, 0.6) is 0 Å². The van der Waals surface area contributed by atoms with Crippen molar-refractivity contribution in [2.75, 3.05) is 5.32 Å². The van der Waals surface area contributed by atoms with E-state index < -0.39 is 0 Å². The van der Waals surface area contributed by atoms with Crippen LogP contribution in [0.3, 0.4) is 0 Å². The number of nitrogens with one attached hydrogen (secondary N) is 2. The Kier molecular flexibility index (Phi) is 4.95. The van der Waals surface area contributed by atoms with Crippen molar-refractivity contribution in [2.45, 2.75) is 10.1 Å². The first-order valence-corrected chi connectivity index (χ1v) is 9.80. The Hall–Kier alpha value is -3.04. The normalized spacial score (nSPS) is 10.8. The highest BCUT2D eigenvalue weighted by molar-refractivity contribution is 8.00. The number of benzene rings is 2. The number of hydrogen-bond acceptors (Lipinski definition) is 7. The number of fused-ring (bicyclic) bond motifs is 1. The minimum absolute atomic E-state index is 0.219. The number of rotatable bonds is 5. The van der Waals surface area contributed by atoms with Crippen molar-refractivity contribution in [3.8, 4) is 0 Å². The van der Waals surface area contributed by atoms with Gasteiger partial charge in [0.2, 0.25) is 5.13 Å². The molecule has 9 heteroatoms. The predicted molar refractivity (Wildman–Crippen MR) is 106 cm³/mol. The smallest absolute Gasteiger partial charge is 0.271 e. The topological polar surface area (TPSA) is 101 Å². The van der Waals surface area contributed by atoms with Crippen LogP contribution in [0, 0.1) is 0 Å². The highest BCUT2D eigenvalue weighted by Gasteiger charge is 2.12. The molecule has 0 unspecified atom stereocenters. The molecule has 2 aromatic heterocycles. The fraction of sp³-hybridized carbons (Fsp3) is 0.0556. The summed E-state index contributed by atoms with van der Waals surface area (Å²) >= 11 is 2.60. The lowest BCUT2D eigenvalue weighted by Gasteiger charge is -2.01. The quantitative estimate of drug-likeness (QED) is 0.397. The molecule has 0 saturated carbocycles. The van der Waals surface area contributed by atoms with Crippen LogP contribution in [0.2, 0.25) is 0 Å². The molecule has 0 spiro atoms. The van der Waals surface area contributed by atoms with E-state index in [2.05, 4.69) is 25.5 Å². The number of carbonyl (C=O) groups excluding carboxylic acids is 1. The molecule has 2 N–H and O–H groups in total. The molecule has 0 radical (unpaired) electrons. The number of hydrogen-bond donors (Lipinski definition) is 2. The molecule has 2 aromatic carbocycles. The third kappa shape index (κ3) is 4.04. The zero-order chi connectivity index (χ0) is 18.6. The minimum atomic E-state index is -0.240. The lowest BCUT2D eigenvalue weighted by Crippen LogP contribution is -2.14. The number of nitrogens with zero attached hydrogens (tertiary/aromatic N) is 3. The van der Waals surface area contributed by atoms with Crippen LogP contribution >= 0.6 is 23.1 Å². The van der Waals surface area contributed by atoms with Gasteiger partial charge in [0.25, 0.3) is 11.5 Å². The highest BCUT2D eigenvalue weighted by atomic mass is 32.2. The Morgan fingerprint density at radius 2 is 1.85 bits per heavy atom. The molecule has 0 saturated heterocycles. The molecule has 0 aliphatic carbocycles. The van der Waals surface area contributed by atoms with E-state index in [0.29, 0.717) is 32.0 Å². The number of aromatic nitrogens is 4. The average molecular weight is 395 g/mol. The van der Waals surface area contributed by atoms with Crippen molar-refractivity contribution in [2.24, 2.45) is 0 Å². The molecule has 0 aliphatic rings. The van der Waals surface area contributed by atoms with Crippen molar-refractivity contribution in [3.63, 3.8) is 0 Å². The van der Waals surface area contributed by atoms with Crippen molar-refractivity contribution in [3.05, 3.63) is 76.2 Å². The van der Waals surface area contributed by atoms with Gasteiger partial charge in [-0.1, -0.05) is 53.4 Å². The summed E-state index contributed by atoms with van der Waals surface area (Å²) in [5.41, 5.74) is 2.19. The fourth-order valence-electron chi connectivity index (χ4n) is 2.37. The van der Waals surface area contributed by atoms with Gasteiger partial charge < -0.3 is 4.98 Å². The summed E-state index contributed by atoms with van der Waals surface area (Å²) in [6.45, 7) is 0. The van der Waals surface area contributed by atoms with Crippen LogP contribution in [0.1, 0.15) is 16.1 Å². The maximum atomic E-state index is 12.1. The van der Waals surface area contributed by atoms with E-state index >= 15 is 0 Å². The fourth-order valence-corrected chi connectivity index (χ4v) is 4.05. The molecule has 0 bridgehead atoms. The van der Waals surface area contributed by atoms with Gasteiger partial charge in [0, 0.05) is 11.3 Å². The van der Waals surface area contributed by atoms with Gasteiger partial charge in [0.1, 0.15) is 5.69 Å². The van der Waals surface area contributed by atoms with Crippen molar-refractivity contribution in [1.82, 2.24) is 20.2 Å². The summed E-state index contributed by atoms with van der Waals surface area (Å²) in [7, 11) is 0. The van der Waals surface area contributed by atoms with Gasteiger partial charge >= 0.3 is 0 Å². The second-order valence-corrected chi connectivity index (χ2v) is 7.71. The molecule has 4 rings (SSSR count). The van der Waals surface area contributed by atoms with Gasteiger partial charge in [0.15, 0.2) is 4.34 Å². The summed E-state index contributed by atoms with van der Waals surface area (Å²) in [5, 5.41) is 11.2. The molecule has 7 nitrogen and oxygen atoms in total. The van der Waals surface area contributed by atoms with Gasteiger partial charge in [-0.2, -0.15) is 0 Å². The second-order valence-electron chi connectivity index (χ2n) is 5.51. The SMILES string of the molecule is O=C(Nc1nnc(SCc2nc3ccccc3[nH]c2=O)s1)c1ccccc1. The van der Waals surface area contributed by atoms with E-state index in [-0.39, 0.29) is 11.5 Å². The molecule has 1 amide bonds. The van der Waals surface area contributed by atoms with Crippen LogP contribution in [0.25, 0.3) is 11.0 Å². The average Bonchev–Trinajstić information content (AvgIpc) is 3.14. The largest absolute Gasteiger partial charge is 0.319 e. The van der Waals surface area contributed by atoms with Gasteiger partial charge in [0.05, 0.1) is 11.0 Å². The molecule has 0 fully saturated rings. The van der Waals surface area contributed by atoms with Crippen LogP contribution in [-0.4, -0.2) is 26.1 Å². The summed E-state index contributed by atoms with van der Waals surface area (Å²) in [5.74, 6) is 0.123. The van der Waals surface area contributed by atoms with E-state index in [1.54, 1.807) is 24.3 Å². The maximum absolute atomic E-state index is 12.1. The Balaban J connectivity index is 1.43.